The van der Waals surface area contributed by atoms with Gasteiger partial charge in [-0.25, -0.2) is 4.79 Å². The molecule has 0 fully saturated rings. The normalized spacial score (nSPS) is 11.3. The van der Waals surface area contributed by atoms with Crippen molar-refractivity contribution in [2.24, 2.45) is 0 Å². The van der Waals surface area contributed by atoms with Gasteiger partial charge < -0.3 is 15.0 Å². The molecular formula is C19H12ClF3N2O4. The molecule has 0 bridgehead atoms. The first-order chi connectivity index (χ1) is 13.6. The lowest BCUT2D eigenvalue weighted by Crippen LogP contribution is -2.23. The summed E-state index contributed by atoms with van der Waals surface area (Å²) in [6.07, 6.45) is -4.74. The number of hydrogen-bond acceptors (Lipinski definition) is 4. The van der Waals surface area contributed by atoms with Crippen molar-refractivity contribution in [3.8, 4) is 0 Å². The van der Waals surface area contributed by atoms with Gasteiger partial charge in [0.25, 0.3) is 5.91 Å². The van der Waals surface area contributed by atoms with Crippen molar-refractivity contribution in [2.45, 2.75) is 6.18 Å². The van der Waals surface area contributed by atoms with E-state index in [9.17, 15) is 27.6 Å². The molecule has 1 heterocycles. The van der Waals surface area contributed by atoms with Gasteiger partial charge >= 0.3 is 12.1 Å². The Kier molecular flexibility index (Phi) is 5.60. The molecule has 0 saturated heterocycles. The molecule has 29 heavy (non-hydrogen) atoms. The number of H-pyrrole nitrogens is 1. The highest BCUT2D eigenvalue weighted by molar-refractivity contribution is 6.30. The van der Waals surface area contributed by atoms with Gasteiger partial charge in [0.05, 0.1) is 16.8 Å². The molecule has 0 unspecified atom stereocenters. The fraction of sp³-hybridized carbons (Fsp3) is 0.105. The molecule has 2 aromatic carbocycles. The zero-order valence-corrected chi connectivity index (χ0v) is 15.2. The summed E-state index contributed by atoms with van der Waals surface area (Å²) in [5.74, 6) is -1.95. The number of ether oxygens (including phenoxy) is 1. The maximum Gasteiger partial charge on any atom is 0.418 e. The number of amides is 1. The molecule has 150 valence electrons. The molecule has 3 aromatic rings. The molecule has 0 aliphatic heterocycles. The Morgan fingerprint density at radius 2 is 1.83 bits per heavy atom. The lowest BCUT2D eigenvalue weighted by Gasteiger charge is -2.14. The summed E-state index contributed by atoms with van der Waals surface area (Å²) >= 11 is 5.58. The number of aromatic nitrogens is 1. The summed E-state index contributed by atoms with van der Waals surface area (Å²) in [5, 5.41) is 2.28. The van der Waals surface area contributed by atoms with E-state index in [4.69, 9.17) is 16.3 Å². The van der Waals surface area contributed by atoms with Gasteiger partial charge in [0.15, 0.2) is 6.61 Å². The van der Waals surface area contributed by atoms with Gasteiger partial charge in [-0.15, -0.1) is 0 Å². The molecular weight excluding hydrogens is 413 g/mol. The molecule has 0 atom stereocenters. The van der Waals surface area contributed by atoms with E-state index >= 15 is 0 Å². The number of esters is 1. The third kappa shape index (κ3) is 4.75. The summed E-state index contributed by atoms with van der Waals surface area (Å²) in [4.78, 5) is 38.5. The Morgan fingerprint density at radius 1 is 1.10 bits per heavy atom. The second-order valence-electron chi connectivity index (χ2n) is 5.90. The van der Waals surface area contributed by atoms with E-state index < -0.39 is 41.5 Å². The van der Waals surface area contributed by atoms with Crippen LogP contribution in [0.5, 0.6) is 0 Å². The minimum absolute atomic E-state index is 0.0698. The van der Waals surface area contributed by atoms with Crippen LogP contribution in [0, 0.1) is 0 Å². The van der Waals surface area contributed by atoms with Crippen LogP contribution in [-0.4, -0.2) is 23.5 Å². The highest BCUT2D eigenvalue weighted by Crippen LogP contribution is 2.36. The Labute approximate surface area is 166 Å². The Balaban J connectivity index is 1.74. The van der Waals surface area contributed by atoms with E-state index in [0.29, 0.717) is 17.0 Å². The lowest BCUT2D eigenvalue weighted by atomic mass is 10.1. The summed E-state index contributed by atoms with van der Waals surface area (Å²) in [7, 11) is 0. The summed E-state index contributed by atoms with van der Waals surface area (Å²) in [6, 6.07) is 10.3. The van der Waals surface area contributed by atoms with Crippen molar-refractivity contribution >= 4 is 40.1 Å². The maximum absolute atomic E-state index is 13.1. The van der Waals surface area contributed by atoms with E-state index in [2.05, 4.69) is 4.98 Å². The van der Waals surface area contributed by atoms with Crippen molar-refractivity contribution in [3.63, 3.8) is 0 Å². The molecule has 0 spiro atoms. The molecule has 0 aliphatic rings. The minimum Gasteiger partial charge on any atom is -0.452 e. The van der Waals surface area contributed by atoms with E-state index in [1.54, 1.807) is 24.3 Å². The molecule has 0 aliphatic carbocycles. The number of hydrogen-bond donors (Lipinski definition) is 2. The zero-order valence-electron chi connectivity index (χ0n) is 14.5. The van der Waals surface area contributed by atoms with Crippen LogP contribution in [-0.2, 0) is 15.7 Å². The number of halogens is 4. The molecule has 1 aromatic heterocycles. The van der Waals surface area contributed by atoms with Crippen LogP contribution in [0.25, 0.3) is 10.9 Å². The van der Waals surface area contributed by atoms with Crippen LogP contribution in [0.3, 0.4) is 0 Å². The van der Waals surface area contributed by atoms with Gasteiger partial charge in [0.2, 0.25) is 5.56 Å². The SMILES string of the molecule is O=C(COC(=O)c1cc(=O)[nH]c2ccccc12)Nc1ccc(Cl)cc1C(F)(F)F. The highest BCUT2D eigenvalue weighted by atomic mass is 35.5. The first-order valence-corrected chi connectivity index (χ1v) is 8.49. The summed E-state index contributed by atoms with van der Waals surface area (Å²) in [6.45, 7) is -0.847. The number of rotatable bonds is 4. The summed E-state index contributed by atoms with van der Waals surface area (Å²) in [5.41, 5.74) is -1.88. The molecule has 0 radical (unpaired) electrons. The number of pyridine rings is 1. The number of fused-ring (bicyclic) bond motifs is 1. The Morgan fingerprint density at radius 3 is 2.55 bits per heavy atom. The van der Waals surface area contributed by atoms with Crippen LogP contribution < -0.4 is 10.9 Å². The highest BCUT2D eigenvalue weighted by Gasteiger charge is 2.34. The van der Waals surface area contributed by atoms with Crippen molar-refractivity contribution in [1.29, 1.82) is 0 Å². The number of benzene rings is 2. The van der Waals surface area contributed by atoms with Crippen molar-refractivity contribution in [1.82, 2.24) is 4.98 Å². The van der Waals surface area contributed by atoms with Crippen LogP contribution in [0.4, 0.5) is 18.9 Å². The smallest absolute Gasteiger partial charge is 0.418 e. The first kappa shape index (κ1) is 20.4. The third-order valence-corrected chi connectivity index (χ3v) is 4.10. The quantitative estimate of drug-likeness (QED) is 0.620. The van der Waals surface area contributed by atoms with Crippen LogP contribution >= 0.6 is 11.6 Å². The second kappa shape index (κ2) is 7.96. The molecule has 1 amide bonds. The number of anilines is 1. The Hall–Kier alpha value is -3.33. The van der Waals surface area contributed by atoms with Crippen LogP contribution in [0.1, 0.15) is 15.9 Å². The molecule has 2 N–H and O–H groups in total. The van der Waals surface area contributed by atoms with Crippen molar-refractivity contribution in [2.75, 3.05) is 11.9 Å². The fourth-order valence-electron chi connectivity index (χ4n) is 2.63. The monoisotopic (exact) mass is 424 g/mol. The van der Waals surface area contributed by atoms with Crippen molar-refractivity contribution in [3.05, 3.63) is 75.0 Å². The van der Waals surface area contributed by atoms with E-state index in [-0.39, 0.29) is 10.6 Å². The number of nitrogens with one attached hydrogen (secondary N) is 2. The topological polar surface area (TPSA) is 88.3 Å². The predicted octanol–water partition coefficient (Wildman–Crippen LogP) is 4.00. The largest absolute Gasteiger partial charge is 0.452 e. The van der Waals surface area contributed by atoms with Gasteiger partial charge in [0, 0.05) is 22.0 Å². The number of para-hydroxylation sites is 1. The second-order valence-corrected chi connectivity index (χ2v) is 6.34. The average Bonchev–Trinajstić information content (AvgIpc) is 2.66. The molecule has 0 saturated carbocycles. The van der Waals surface area contributed by atoms with Crippen LogP contribution in [0.2, 0.25) is 5.02 Å². The van der Waals surface area contributed by atoms with Gasteiger partial charge in [0.1, 0.15) is 0 Å². The van der Waals surface area contributed by atoms with Gasteiger partial charge in [-0.3, -0.25) is 9.59 Å². The van der Waals surface area contributed by atoms with E-state index in [1.807, 2.05) is 5.32 Å². The number of alkyl halides is 3. The summed E-state index contributed by atoms with van der Waals surface area (Å²) < 4.78 is 44.1. The van der Waals surface area contributed by atoms with Gasteiger partial charge in [-0.05, 0) is 24.3 Å². The number of carbonyl (C=O) groups excluding carboxylic acids is 2. The predicted molar refractivity (Wildman–Crippen MR) is 99.9 cm³/mol. The minimum atomic E-state index is -4.74. The third-order valence-electron chi connectivity index (χ3n) is 3.87. The molecule has 3 rings (SSSR count). The number of carbonyl (C=O) groups is 2. The first-order valence-electron chi connectivity index (χ1n) is 8.11. The van der Waals surface area contributed by atoms with E-state index in [0.717, 1.165) is 12.1 Å². The lowest BCUT2D eigenvalue weighted by molar-refractivity contribution is -0.137. The van der Waals surface area contributed by atoms with Crippen molar-refractivity contribution < 1.29 is 27.5 Å². The van der Waals surface area contributed by atoms with Crippen LogP contribution in [0.15, 0.2) is 53.3 Å². The zero-order chi connectivity index (χ0) is 21.2. The molecule has 10 heteroatoms. The average molecular weight is 425 g/mol. The fourth-order valence-corrected chi connectivity index (χ4v) is 2.80. The van der Waals surface area contributed by atoms with Gasteiger partial charge in [-0.2, -0.15) is 13.2 Å². The standard InChI is InChI=1S/C19H12ClF3N2O4/c20-10-5-6-15(13(7-10)19(21,22)23)25-17(27)9-29-18(28)12-8-16(26)24-14-4-2-1-3-11(12)14/h1-8H,9H2,(H,24,26)(H,25,27). The Bertz CT molecular complexity index is 1160. The number of aromatic amines is 1. The maximum atomic E-state index is 13.1. The molecule has 6 nitrogen and oxygen atoms in total. The van der Waals surface area contributed by atoms with Gasteiger partial charge in [-0.1, -0.05) is 29.8 Å². The van der Waals surface area contributed by atoms with E-state index in [1.165, 1.54) is 6.07 Å².